The minimum atomic E-state index is 0.594. The highest BCUT2D eigenvalue weighted by Crippen LogP contribution is 2.26. The molecule has 2 aromatic rings. The molecule has 0 bridgehead atoms. The largest absolute Gasteiger partial charge is 0.393 e. The van der Waals surface area contributed by atoms with Crippen LogP contribution in [0.4, 0.5) is 17.3 Å². The van der Waals surface area contributed by atoms with Crippen molar-refractivity contribution >= 4 is 17.3 Å². The normalized spacial score (nSPS) is 14.9. The second-order valence-electron chi connectivity index (χ2n) is 5.40. The number of aryl methyl sites for hydroxylation is 1. The number of ether oxygens (including phenoxy) is 1. The molecule has 0 radical (unpaired) electrons. The number of nitrogens with one attached hydrogen (secondary N) is 1. The Labute approximate surface area is 130 Å². The first-order chi connectivity index (χ1) is 10.7. The van der Waals surface area contributed by atoms with E-state index in [2.05, 4.69) is 51.4 Å². The predicted molar refractivity (Wildman–Crippen MR) is 88.0 cm³/mol. The van der Waals surface area contributed by atoms with Crippen molar-refractivity contribution in [2.45, 2.75) is 13.5 Å². The van der Waals surface area contributed by atoms with Crippen molar-refractivity contribution in [1.29, 1.82) is 0 Å². The molecule has 0 aliphatic carbocycles. The number of hydrogen-bond donors (Lipinski definition) is 2. The summed E-state index contributed by atoms with van der Waals surface area (Å²) in [5.74, 6) is 1.46. The van der Waals surface area contributed by atoms with E-state index < -0.39 is 0 Å². The molecule has 3 rings (SSSR count). The van der Waals surface area contributed by atoms with Crippen LogP contribution in [0, 0.1) is 6.92 Å². The fourth-order valence-corrected chi connectivity index (χ4v) is 2.45. The number of rotatable bonds is 4. The van der Waals surface area contributed by atoms with Crippen LogP contribution >= 0.6 is 0 Å². The zero-order chi connectivity index (χ0) is 15.4. The molecule has 0 amide bonds. The molecule has 0 saturated carbocycles. The van der Waals surface area contributed by atoms with Gasteiger partial charge in [0.25, 0.3) is 0 Å². The van der Waals surface area contributed by atoms with Gasteiger partial charge in [0.05, 0.1) is 13.2 Å². The smallest absolute Gasteiger partial charge is 0.157 e. The van der Waals surface area contributed by atoms with Gasteiger partial charge >= 0.3 is 0 Å². The minimum Gasteiger partial charge on any atom is -0.393 e. The molecule has 0 atom stereocenters. The van der Waals surface area contributed by atoms with Crippen molar-refractivity contribution in [3.05, 3.63) is 41.7 Å². The number of nitrogen functional groups attached to an aromatic ring is 1. The van der Waals surface area contributed by atoms with Crippen molar-refractivity contribution in [3.63, 3.8) is 0 Å². The summed E-state index contributed by atoms with van der Waals surface area (Å²) in [6, 6.07) is 8.39. The lowest BCUT2D eigenvalue weighted by Crippen LogP contribution is -2.37. The maximum Gasteiger partial charge on any atom is 0.157 e. The minimum absolute atomic E-state index is 0.594. The van der Waals surface area contributed by atoms with E-state index in [1.54, 1.807) is 6.33 Å². The van der Waals surface area contributed by atoms with E-state index >= 15 is 0 Å². The summed E-state index contributed by atoms with van der Waals surface area (Å²) >= 11 is 0. The molecule has 6 heteroatoms. The molecule has 3 N–H and O–H groups in total. The number of hydrogen-bond acceptors (Lipinski definition) is 6. The number of morpholine rings is 1. The quantitative estimate of drug-likeness (QED) is 0.897. The average Bonchev–Trinajstić information content (AvgIpc) is 2.56. The molecule has 1 aliphatic rings. The molecule has 1 fully saturated rings. The number of benzene rings is 1. The third kappa shape index (κ3) is 3.28. The van der Waals surface area contributed by atoms with Crippen LogP contribution in [0.1, 0.15) is 11.1 Å². The van der Waals surface area contributed by atoms with Gasteiger partial charge in [0.2, 0.25) is 0 Å². The van der Waals surface area contributed by atoms with E-state index in [9.17, 15) is 0 Å². The highest BCUT2D eigenvalue weighted by Gasteiger charge is 2.17. The lowest BCUT2D eigenvalue weighted by Gasteiger charge is -2.29. The van der Waals surface area contributed by atoms with E-state index in [4.69, 9.17) is 10.5 Å². The van der Waals surface area contributed by atoms with E-state index in [1.807, 2.05) is 0 Å². The molecule has 1 aromatic carbocycles. The second-order valence-corrected chi connectivity index (χ2v) is 5.40. The first-order valence-corrected chi connectivity index (χ1v) is 7.46. The standard InChI is InChI=1S/C16H21N5O/c1-12-2-4-13(5-3-12)10-18-15-14(17)16(20-11-19-15)21-6-8-22-9-7-21/h2-5,11H,6-10,17H2,1H3,(H,18,19,20). The van der Waals surface area contributed by atoms with Crippen molar-refractivity contribution in [1.82, 2.24) is 9.97 Å². The molecular weight excluding hydrogens is 278 g/mol. The highest BCUT2D eigenvalue weighted by molar-refractivity contribution is 5.75. The maximum absolute atomic E-state index is 6.23. The third-order valence-corrected chi connectivity index (χ3v) is 3.75. The molecule has 22 heavy (non-hydrogen) atoms. The maximum atomic E-state index is 6.23. The van der Waals surface area contributed by atoms with Crippen LogP contribution in [-0.2, 0) is 11.3 Å². The van der Waals surface area contributed by atoms with Gasteiger partial charge in [-0.25, -0.2) is 9.97 Å². The lowest BCUT2D eigenvalue weighted by atomic mass is 10.1. The SMILES string of the molecule is Cc1ccc(CNc2ncnc(N3CCOCC3)c2N)cc1. The van der Waals surface area contributed by atoms with Crippen molar-refractivity contribution in [2.75, 3.05) is 42.3 Å². The van der Waals surface area contributed by atoms with E-state index in [0.29, 0.717) is 31.3 Å². The Morgan fingerprint density at radius 1 is 1.18 bits per heavy atom. The first-order valence-electron chi connectivity index (χ1n) is 7.46. The van der Waals surface area contributed by atoms with Gasteiger partial charge < -0.3 is 20.7 Å². The van der Waals surface area contributed by atoms with Gasteiger partial charge in [-0.2, -0.15) is 0 Å². The van der Waals surface area contributed by atoms with Gasteiger partial charge in [-0.3, -0.25) is 0 Å². The van der Waals surface area contributed by atoms with Crippen LogP contribution in [0.5, 0.6) is 0 Å². The van der Waals surface area contributed by atoms with Crippen LogP contribution in [0.25, 0.3) is 0 Å². The zero-order valence-electron chi connectivity index (χ0n) is 12.7. The zero-order valence-corrected chi connectivity index (χ0v) is 12.7. The van der Waals surface area contributed by atoms with Gasteiger partial charge in [0, 0.05) is 19.6 Å². The molecule has 1 aliphatic heterocycles. The summed E-state index contributed by atoms with van der Waals surface area (Å²) in [7, 11) is 0. The van der Waals surface area contributed by atoms with Crippen LogP contribution in [-0.4, -0.2) is 36.3 Å². The number of anilines is 3. The number of nitrogens with two attached hydrogens (primary N) is 1. The first kappa shape index (κ1) is 14.6. The van der Waals surface area contributed by atoms with Crippen LogP contribution in [0.15, 0.2) is 30.6 Å². The van der Waals surface area contributed by atoms with E-state index in [1.165, 1.54) is 11.1 Å². The summed E-state index contributed by atoms with van der Waals surface area (Å²) in [4.78, 5) is 10.7. The van der Waals surface area contributed by atoms with Gasteiger partial charge in [-0.15, -0.1) is 0 Å². The van der Waals surface area contributed by atoms with Gasteiger partial charge in [-0.05, 0) is 12.5 Å². The summed E-state index contributed by atoms with van der Waals surface area (Å²) in [6.07, 6.45) is 1.55. The van der Waals surface area contributed by atoms with Gasteiger partial charge in [0.15, 0.2) is 11.6 Å². The number of aromatic nitrogens is 2. The molecule has 2 heterocycles. The molecular formula is C16H21N5O. The Morgan fingerprint density at radius 2 is 1.91 bits per heavy atom. The van der Waals surface area contributed by atoms with E-state index in [0.717, 1.165) is 18.9 Å². The van der Waals surface area contributed by atoms with Crippen molar-refractivity contribution < 1.29 is 4.74 Å². The summed E-state index contributed by atoms with van der Waals surface area (Å²) in [5.41, 5.74) is 9.27. The Hall–Kier alpha value is -2.34. The number of nitrogens with zero attached hydrogens (tertiary/aromatic N) is 3. The van der Waals surface area contributed by atoms with Gasteiger partial charge in [0.1, 0.15) is 12.0 Å². The average molecular weight is 299 g/mol. The highest BCUT2D eigenvalue weighted by atomic mass is 16.5. The van der Waals surface area contributed by atoms with Gasteiger partial charge in [-0.1, -0.05) is 29.8 Å². The Morgan fingerprint density at radius 3 is 2.64 bits per heavy atom. The molecule has 1 aromatic heterocycles. The lowest BCUT2D eigenvalue weighted by molar-refractivity contribution is 0.122. The Bertz CT molecular complexity index is 623. The summed E-state index contributed by atoms with van der Waals surface area (Å²) < 4.78 is 5.36. The summed E-state index contributed by atoms with van der Waals surface area (Å²) in [5, 5.41) is 3.29. The third-order valence-electron chi connectivity index (χ3n) is 3.75. The van der Waals surface area contributed by atoms with Crippen molar-refractivity contribution in [2.24, 2.45) is 0 Å². The monoisotopic (exact) mass is 299 g/mol. The fourth-order valence-electron chi connectivity index (χ4n) is 2.45. The Kier molecular flexibility index (Phi) is 4.39. The molecule has 116 valence electrons. The van der Waals surface area contributed by atoms with Crippen molar-refractivity contribution in [3.8, 4) is 0 Å². The second kappa shape index (κ2) is 6.62. The Balaban J connectivity index is 1.72. The van der Waals surface area contributed by atoms with Crippen LogP contribution < -0.4 is 16.0 Å². The molecule has 6 nitrogen and oxygen atoms in total. The molecule has 1 saturated heterocycles. The predicted octanol–water partition coefficient (Wildman–Crippen LogP) is 1.82. The fraction of sp³-hybridized carbons (Fsp3) is 0.375. The summed E-state index contributed by atoms with van der Waals surface area (Å²) in [6.45, 7) is 5.78. The topological polar surface area (TPSA) is 76.3 Å². The molecule has 0 spiro atoms. The van der Waals surface area contributed by atoms with Crippen LogP contribution in [0.3, 0.4) is 0 Å². The van der Waals surface area contributed by atoms with E-state index in [-0.39, 0.29) is 0 Å². The molecule has 0 unspecified atom stereocenters. The van der Waals surface area contributed by atoms with Crippen LogP contribution in [0.2, 0.25) is 0 Å².